The molecule has 0 aliphatic heterocycles. The van der Waals surface area contributed by atoms with Crippen LogP contribution in [0, 0.1) is 0 Å². The molecular formula is C22H21ClN2O2S. The zero-order valence-electron chi connectivity index (χ0n) is 15.5. The van der Waals surface area contributed by atoms with Gasteiger partial charge in [-0.15, -0.1) is 11.3 Å². The fourth-order valence-corrected chi connectivity index (χ4v) is 3.40. The molecular weight excluding hydrogens is 392 g/mol. The number of ether oxygens (including phenoxy) is 1. The van der Waals surface area contributed by atoms with Crippen molar-refractivity contribution in [2.24, 2.45) is 0 Å². The predicted octanol–water partition coefficient (Wildman–Crippen LogP) is 6.29. The van der Waals surface area contributed by atoms with Gasteiger partial charge in [0.05, 0.1) is 12.3 Å². The summed E-state index contributed by atoms with van der Waals surface area (Å²) in [6, 6.07) is 15.1. The van der Waals surface area contributed by atoms with Gasteiger partial charge in [-0.05, 0) is 36.3 Å². The van der Waals surface area contributed by atoms with Gasteiger partial charge in [0.25, 0.3) is 0 Å². The molecule has 2 aromatic carbocycles. The lowest BCUT2D eigenvalue weighted by atomic mass is 10.2. The van der Waals surface area contributed by atoms with E-state index in [1.807, 2.05) is 53.9 Å². The maximum atomic E-state index is 12.2. The summed E-state index contributed by atoms with van der Waals surface area (Å²) in [6.45, 7) is 2.85. The Balaban J connectivity index is 1.56. The first kappa shape index (κ1) is 20.1. The molecule has 0 aliphatic carbocycles. The highest BCUT2D eigenvalue weighted by Crippen LogP contribution is 2.30. The molecule has 0 saturated heterocycles. The molecule has 0 atom stereocenters. The van der Waals surface area contributed by atoms with Gasteiger partial charge in [-0.25, -0.2) is 4.98 Å². The maximum absolute atomic E-state index is 12.2. The van der Waals surface area contributed by atoms with Crippen LogP contribution in [-0.4, -0.2) is 17.5 Å². The lowest BCUT2D eigenvalue weighted by Gasteiger charge is -2.05. The number of benzene rings is 2. The van der Waals surface area contributed by atoms with Gasteiger partial charge in [-0.1, -0.05) is 55.3 Å². The second-order valence-corrected chi connectivity index (χ2v) is 7.38. The minimum absolute atomic E-state index is 0.233. The molecule has 3 rings (SSSR count). The van der Waals surface area contributed by atoms with Crippen molar-refractivity contribution < 1.29 is 9.53 Å². The van der Waals surface area contributed by atoms with Gasteiger partial charge >= 0.3 is 0 Å². The van der Waals surface area contributed by atoms with Crippen LogP contribution in [0.5, 0.6) is 5.75 Å². The summed E-state index contributed by atoms with van der Waals surface area (Å²) in [5, 5.41) is 5.82. The standard InChI is InChI=1S/C22H21ClN2O2S/c1-2-3-14-27-17-11-8-16(9-12-17)10-13-21(26)25-22-24-20(15-28-22)18-6-4-5-7-19(18)23/h4-13,15H,2-3,14H2,1H3,(H,24,25,26). The molecule has 0 bridgehead atoms. The van der Waals surface area contributed by atoms with E-state index in [0.717, 1.165) is 42.0 Å². The molecule has 1 aromatic heterocycles. The van der Waals surface area contributed by atoms with E-state index in [0.29, 0.717) is 10.2 Å². The zero-order valence-corrected chi connectivity index (χ0v) is 17.1. The number of hydrogen-bond donors (Lipinski definition) is 1. The van der Waals surface area contributed by atoms with E-state index in [2.05, 4.69) is 17.2 Å². The van der Waals surface area contributed by atoms with E-state index in [-0.39, 0.29) is 5.91 Å². The number of unbranched alkanes of at least 4 members (excludes halogenated alkanes) is 1. The third-order valence-corrected chi connectivity index (χ3v) is 5.05. The summed E-state index contributed by atoms with van der Waals surface area (Å²) in [6.07, 6.45) is 5.39. The number of rotatable bonds is 8. The lowest BCUT2D eigenvalue weighted by molar-refractivity contribution is -0.111. The number of hydrogen-bond acceptors (Lipinski definition) is 4. The van der Waals surface area contributed by atoms with Gasteiger partial charge in [-0.3, -0.25) is 10.1 Å². The molecule has 6 heteroatoms. The van der Waals surface area contributed by atoms with Gasteiger partial charge in [0.1, 0.15) is 5.75 Å². The first-order valence-electron chi connectivity index (χ1n) is 9.08. The molecule has 28 heavy (non-hydrogen) atoms. The van der Waals surface area contributed by atoms with E-state index in [1.54, 1.807) is 6.08 Å². The van der Waals surface area contributed by atoms with Crippen molar-refractivity contribution in [3.05, 3.63) is 70.6 Å². The van der Waals surface area contributed by atoms with Crippen molar-refractivity contribution in [2.45, 2.75) is 19.8 Å². The number of halogens is 1. The molecule has 3 aromatic rings. The van der Waals surface area contributed by atoms with Gasteiger partial charge in [0, 0.05) is 22.0 Å². The third kappa shape index (κ3) is 5.68. The SMILES string of the molecule is CCCCOc1ccc(C=CC(=O)Nc2nc(-c3ccccc3Cl)cs2)cc1. The van der Waals surface area contributed by atoms with Crippen molar-refractivity contribution in [3.8, 4) is 17.0 Å². The normalized spacial score (nSPS) is 10.9. The van der Waals surface area contributed by atoms with Gasteiger partial charge in [0.2, 0.25) is 5.91 Å². The zero-order chi connectivity index (χ0) is 19.8. The van der Waals surface area contributed by atoms with Crippen LogP contribution in [0.4, 0.5) is 5.13 Å². The highest BCUT2D eigenvalue weighted by molar-refractivity contribution is 7.14. The van der Waals surface area contributed by atoms with E-state index >= 15 is 0 Å². The predicted molar refractivity (Wildman–Crippen MR) is 117 cm³/mol. The second-order valence-electron chi connectivity index (χ2n) is 6.11. The molecule has 4 nitrogen and oxygen atoms in total. The number of carbonyl (C=O) groups excluding carboxylic acids is 1. The molecule has 144 valence electrons. The number of amides is 1. The minimum Gasteiger partial charge on any atom is -0.494 e. The maximum Gasteiger partial charge on any atom is 0.250 e. The second kappa shape index (κ2) is 10.1. The average molecular weight is 413 g/mol. The van der Waals surface area contributed by atoms with Crippen LogP contribution in [0.3, 0.4) is 0 Å². The molecule has 1 amide bonds. The van der Waals surface area contributed by atoms with Crippen molar-refractivity contribution in [3.63, 3.8) is 0 Å². The molecule has 0 unspecified atom stereocenters. The summed E-state index contributed by atoms with van der Waals surface area (Å²) in [5.74, 6) is 0.605. The summed E-state index contributed by atoms with van der Waals surface area (Å²) in [7, 11) is 0. The Morgan fingerprint density at radius 3 is 2.75 bits per heavy atom. The number of carbonyl (C=O) groups is 1. The topological polar surface area (TPSA) is 51.2 Å². The van der Waals surface area contributed by atoms with Crippen LogP contribution in [0.25, 0.3) is 17.3 Å². The molecule has 0 spiro atoms. The largest absolute Gasteiger partial charge is 0.494 e. The van der Waals surface area contributed by atoms with Crippen LogP contribution in [-0.2, 0) is 4.79 Å². The first-order valence-corrected chi connectivity index (χ1v) is 10.3. The highest BCUT2D eigenvalue weighted by Gasteiger charge is 2.09. The van der Waals surface area contributed by atoms with E-state index < -0.39 is 0 Å². The minimum atomic E-state index is -0.233. The number of nitrogens with zero attached hydrogens (tertiary/aromatic N) is 1. The Kier molecular flexibility index (Phi) is 7.23. The Labute approximate surface area is 173 Å². The van der Waals surface area contributed by atoms with E-state index in [1.165, 1.54) is 17.4 Å². The Hall–Kier alpha value is -2.63. The Morgan fingerprint density at radius 1 is 1.21 bits per heavy atom. The summed E-state index contributed by atoms with van der Waals surface area (Å²) < 4.78 is 5.63. The molecule has 0 saturated carbocycles. The summed E-state index contributed by atoms with van der Waals surface area (Å²) in [5.41, 5.74) is 2.51. The molecule has 0 aliphatic rings. The van der Waals surface area contributed by atoms with E-state index in [9.17, 15) is 4.79 Å². The van der Waals surface area contributed by atoms with E-state index in [4.69, 9.17) is 16.3 Å². The lowest BCUT2D eigenvalue weighted by Crippen LogP contribution is -2.07. The fourth-order valence-electron chi connectivity index (χ4n) is 2.45. The summed E-state index contributed by atoms with van der Waals surface area (Å²) in [4.78, 5) is 16.6. The number of thiazole rings is 1. The number of anilines is 1. The fraction of sp³-hybridized carbons (Fsp3) is 0.182. The van der Waals surface area contributed by atoms with Crippen molar-refractivity contribution in [2.75, 3.05) is 11.9 Å². The van der Waals surface area contributed by atoms with Gasteiger partial charge in [0.15, 0.2) is 5.13 Å². The summed E-state index contributed by atoms with van der Waals surface area (Å²) >= 11 is 7.56. The third-order valence-electron chi connectivity index (χ3n) is 3.96. The number of nitrogens with one attached hydrogen (secondary N) is 1. The van der Waals surface area contributed by atoms with Crippen molar-refractivity contribution >= 4 is 40.1 Å². The Bertz CT molecular complexity index is 951. The Morgan fingerprint density at radius 2 is 2.00 bits per heavy atom. The number of aromatic nitrogens is 1. The van der Waals surface area contributed by atoms with Crippen LogP contribution in [0.1, 0.15) is 25.3 Å². The van der Waals surface area contributed by atoms with Crippen LogP contribution in [0.2, 0.25) is 5.02 Å². The molecule has 1 N–H and O–H groups in total. The van der Waals surface area contributed by atoms with Gasteiger partial charge < -0.3 is 4.74 Å². The molecule has 0 fully saturated rings. The first-order chi connectivity index (χ1) is 13.7. The van der Waals surface area contributed by atoms with Crippen LogP contribution < -0.4 is 10.1 Å². The smallest absolute Gasteiger partial charge is 0.250 e. The molecule has 0 radical (unpaired) electrons. The average Bonchev–Trinajstić information content (AvgIpc) is 3.16. The van der Waals surface area contributed by atoms with Crippen molar-refractivity contribution in [1.82, 2.24) is 4.98 Å². The van der Waals surface area contributed by atoms with Crippen LogP contribution in [0.15, 0.2) is 60.0 Å². The highest BCUT2D eigenvalue weighted by atomic mass is 35.5. The van der Waals surface area contributed by atoms with Crippen LogP contribution >= 0.6 is 22.9 Å². The monoisotopic (exact) mass is 412 g/mol. The molecule has 1 heterocycles. The van der Waals surface area contributed by atoms with Gasteiger partial charge in [-0.2, -0.15) is 0 Å². The van der Waals surface area contributed by atoms with Crippen molar-refractivity contribution in [1.29, 1.82) is 0 Å². The quantitative estimate of drug-likeness (QED) is 0.349.